The summed E-state index contributed by atoms with van der Waals surface area (Å²) in [7, 11) is 0. The summed E-state index contributed by atoms with van der Waals surface area (Å²) >= 11 is 0. The Labute approximate surface area is 289 Å². The second kappa shape index (κ2) is 11.5. The molecule has 0 amide bonds. The fourth-order valence-corrected chi connectivity index (χ4v) is 7.98. The average Bonchev–Trinajstić information content (AvgIpc) is 3.69. The molecule has 50 heavy (non-hydrogen) atoms. The van der Waals surface area contributed by atoms with E-state index in [4.69, 9.17) is 0 Å². The van der Waals surface area contributed by atoms with Crippen molar-refractivity contribution in [2.75, 3.05) is 4.90 Å². The number of aromatic nitrogens is 1. The number of nitriles is 3. The highest BCUT2D eigenvalue weighted by Crippen LogP contribution is 2.51. The molecule has 2 aliphatic rings. The normalized spacial score (nSPS) is 15.9. The van der Waals surface area contributed by atoms with Gasteiger partial charge in [0, 0.05) is 39.1 Å². The Morgan fingerprint density at radius 1 is 0.520 bits per heavy atom. The van der Waals surface area contributed by atoms with E-state index in [9.17, 15) is 15.8 Å². The Morgan fingerprint density at radius 3 is 1.80 bits per heavy atom. The van der Waals surface area contributed by atoms with Crippen LogP contribution in [0, 0.1) is 34.0 Å². The standard InChI is InChI=1S/C45H27N5/c46-26-29-21-24-44-38(25-29)37-16-6-10-20-43(37)50(44)45-30(27-47)22-23-33(39(45)28-48)31-11-1-2-12-32(31)34-13-3-7-17-40(34)49-41-18-8-4-14-35(41)36-15-5-9-19-42(36)49/h1-25,38,44H. The zero-order valence-corrected chi connectivity index (χ0v) is 26.8. The van der Waals surface area contributed by atoms with Gasteiger partial charge in [-0.05, 0) is 53.1 Å². The molecule has 5 nitrogen and oxygen atoms in total. The number of para-hydroxylation sites is 4. The molecule has 0 bridgehead atoms. The third-order valence-electron chi connectivity index (χ3n) is 10.1. The van der Waals surface area contributed by atoms with Gasteiger partial charge < -0.3 is 9.47 Å². The van der Waals surface area contributed by atoms with Gasteiger partial charge in [0.15, 0.2) is 0 Å². The van der Waals surface area contributed by atoms with Gasteiger partial charge in [0.1, 0.15) is 12.1 Å². The van der Waals surface area contributed by atoms with Gasteiger partial charge in [-0.15, -0.1) is 0 Å². The Balaban J connectivity index is 1.28. The summed E-state index contributed by atoms with van der Waals surface area (Å²) in [6.45, 7) is 0. The second-order valence-corrected chi connectivity index (χ2v) is 12.6. The third-order valence-corrected chi connectivity index (χ3v) is 10.1. The molecule has 0 radical (unpaired) electrons. The summed E-state index contributed by atoms with van der Waals surface area (Å²) in [5.41, 5.74) is 11.0. The molecule has 2 unspecified atom stereocenters. The van der Waals surface area contributed by atoms with Crippen LogP contribution in [0.25, 0.3) is 49.7 Å². The summed E-state index contributed by atoms with van der Waals surface area (Å²) in [6, 6.07) is 52.4. The lowest BCUT2D eigenvalue weighted by Gasteiger charge is -2.31. The zero-order valence-electron chi connectivity index (χ0n) is 26.8. The molecule has 1 aliphatic carbocycles. The van der Waals surface area contributed by atoms with E-state index < -0.39 is 0 Å². The fourth-order valence-electron chi connectivity index (χ4n) is 7.98. The quantitative estimate of drug-likeness (QED) is 0.192. The van der Waals surface area contributed by atoms with E-state index in [0.717, 1.165) is 50.2 Å². The van der Waals surface area contributed by atoms with E-state index in [0.29, 0.717) is 22.4 Å². The van der Waals surface area contributed by atoms with Gasteiger partial charge in [0.25, 0.3) is 0 Å². The molecule has 0 N–H and O–H groups in total. The van der Waals surface area contributed by atoms with Crippen molar-refractivity contribution < 1.29 is 0 Å². The van der Waals surface area contributed by atoms with Gasteiger partial charge in [-0.2, -0.15) is 15.8 Å². The van der Waals surface area contributed by atoms with Gasteiger partial charge >= 0.3 is 0 Å². The number of allylic oxidation sites excluding steroid dienone is 2. The van der Waals surface area contributed by atoms with Crippen LogP contribution >= 0.6 is 0 Å². The van der Waals surface area contributed by atoms with Gasteiger partial charge in [-0.3, -0.25) is 0 Å². The number of rotatable bonds is 4. The molecule has 5 heteroatoms. The first-order valence-corrected chi connectivity index (χ1v) is 16.5. The molecule has 0 saturated carbocycles. The van der Waals surface area contributed by atoms with Crippen LogP contribution in [0.2, 0.25) is 0 Å². The van der Waals surface area contributed by atoms with Crippen molar-refractivity contribution in [3.05, 3.63) is 174 Å². The molecule has 232 valence electrons. The number of fused-ring (bicyclic) bond motifs is 6. The maximum absolute atomic E-state index is 11.0. The first-order chi connectivity index (χ1) is 24.7. The van der Waals surface area contributed by atoms with Crippen molar-refractivity contribution in [3.8, 4) is 46.1 Å². The van der Waals surface area contributed by atoms with Crippen LogP contribution in [-0.2, 0) is 0 Å². The lowest BCUT2D eigenvalue weighted by atomic mass is 9.87. The maximum atomic E-state index is 11.0. The number of anilines is 2. The third kappa shape index (κ3) is 4.23. The van der Waals surface area contributed by atoms with Gasteiger partial charge in [-0.1, -0.05) is 115 Å². The van der Waals surface area contributed by atoms with E-state index in [-0.39, 0.29) is 12.0 Å². The molecule has 9 rings (SSSR count). The molecular formula is C45H27N5. The largest absolute Gasteiger partial charge is 0.331 e. The van der Waals surface area contributed by atoms with Crippen LogP contribution in [0.4, 0.5) is 11.4 Å². The highest BCUT2D eigenvalue weighted by atomic mass is 15.2. The highest BCUT2D eigenvalue weighted by molar-refractivity contribution is 6.10. The van der Waals surface area contributed by atoms with Gasteiger partial charge in [0.2, 0.25) is 0 Å². The van der Waals surface area contributed by atoms with Crippen molar-refractivity contribution >= 4 is 33.2 Å². The monoisotopic (exact) mass is 637 g/mol. The molecule has 2 heterocycles. The molecule has 6 aromatic carbocycles. The van der Waals surface area contributed by atoms with Crippen LogP contribution in [0.15, 0.2) is 157 Å². The molecular weight excluding hydrogens is 611 g/mol. The molecule has 2 atom stereocenters. The maximum Gasteiger partial charge on any atom is 0.102 e. The summed E-state index contributed by atoms with van der Waals surface area (Å²) in [5, 5.41) is 33.6. The highest BCUT2D eigenvalue weighted by Gasteiger charge is 2.40. The molecule has 1 aliphatic heterocycles. The zero-order chi connectivity index (χ0) is 33.8. The summed E-state index contributed by atoms with van der Waals surface area (Å²) in [6.07, 6.45) is 5.85. The number of nitrogens with zero attached hydrogens (tertiary/aromatic N) is 5. The first kappa shape index (κ1) is 29.0. The average molecular weight is 638 g/mol. The number of benzene rings is 6. The van der Waals surface area contributed by atoms with Crippen molar-refractivity contribution in [1.29, 1.82) is 15.8 Å². The minimum Gasteiger partial charge on any atom is -0.331 e. The Morgan fingerprint density at radius 2 is 1.12 bits per heavy atom. The lowest BCUT2D eigenvalue weighted by molar-refractivity contribution is 0.740. The Bertz CT molecular complexity index is 2670. The SMILES string of the molecule is N#CC1=CC2c3ccccc3N(c3c(C#N)ccc(-c4ccccc4-c4ccccc4-n4c5ccccc5c5ccccc54)c3C#N)C2C=C1. The van der Waals surface area contributed by atoms with Crippen LogP contribution in [0.5, 0.6) is 0 Å². The van der Waals surface area contributed by atoms with E-state index in [1.807, 2.05) is 60.7 Å². The van der Waals surface area contributed by atoms with Crippen LogP contribution in [-0.4, -0.2) is 10.6 Å². The van der Waals surface area contributed by atoms with Crippen molar-refractivity contribution in [2.24, 2.45) is 0 Å². The first-order valence-electron chi connectivity index (χ1n) is 16.5. The molecule has 7 aromatic rings. The Kier molecular flexibility index (Phi) is 6.70. The molecule has 0 spiro atoms. The van der Waals surface area contributed by atoms with Gasteiger partial charge in [-0.25, -0.2) is 0 Å². The summed E-state index contributed by atoms with van der Waals surface area (Å²) in [5.74, 6) is -0.0852. The molecule has 1 aromatic heterocycles. The fraction of sp³-hybridized carbons (Fsp3) is 0.0444. The smallest absolute Gasteiger partial charge is 0.102 e. The predicted octanol–water partition coefficient (Wildman–Crippen LogP) is 10.5. The van der Waals surface area contributed by atoms with E-state index in [1.54, 1.807) is 0 Å². The lowest BCUT2D eigenvalue weighted by Crippen LogP contribution is -2.30. The Hall–Kier alpha value is -7.13. The minimum atomic E-state index is -0.190. The van der Waals surface area contributed by atoms with E-state index in [2.05, 4.69) is 119 Å². The van der Waals surface area contributed by atoms with Crippen LogP contribution in [0.1, 0.15) is 22.6 Å². The predicted molar refractivity (Wildman–Crippen MR) is 199 cm³/mol. The second-order valence-electron chi connectivity index (χ2n) is 12.6. The number of hydrogen-bond donors (Lipinski definition) is 0. The van der Waals surface area contributed by atoms with Crippen molar-refractivity contribution in [1.82, 2.24) is 4.57 Å². The molecule has 0 saturated heterocycles. The van der Waals surface area contributed by atoms with Crippen molar-refractivity contribution in [3.63, 3.8) is 0 Å². The topological polar surface area (TPSA) is 79.5 Å². The van der Waals surface area contributed by atoms with E-state index >= 15 is 0 Å². The van der Waals surface area contributed by atoms with Crippen LogP contribution < -0.4 is 4.90 Å². The van der Waals surface area contributed by atoms with E-state index in [1.165, 1.54) is 10.8 Å². The van der Waals surface area contributed by atoms with Crippen molar-refractivity contribution in [2.45, 2.75) is 12.0 Å². The van der Waals surface area contributed by atoms with Gasteiger partial charge in [0.05, 0.1) is 45.6 Å². The van der Waals surface area contributed by atoms with Crippen LogP contribution in [0.3, 0.4) is 0 Å². The summed E-state index contributed by atoms with van der Waals surface area (Å²) in [4.78, 5) is 2.12. The summed E-state index contributed by atoms with van der Waals surface area (Å²) < 4.78 is 2.33. The number of hydrogen-bond acceptors (Lipinski definition) is 4. The molecule has 0 fully saturated rings. The minimum absolute atomic E-state index is 0.0852.